The zero-order valence-corrected chi connectivity index (χ0v) is 3.33. The average Bonchev–Trinajstić information content (AvgIpc) is 1.65. The Morgan fingerprint density at radius 1 is 1.12 bits per heavy atom. The topological polar surface area (TPSA) is 60.7 Å². The van der Waals surface area contributed by atoms with Crippen LogP contribution in [0.4, 0.5) is 0 Å². The van der Waals surface area contributed by atoms with Crippen molar-refractivity contribution in [3.63, 3.8) is 0 Å². The minimum absolute atomic E-state index is 0. The number of aliphatic hydroxyl groups excluding tert-OH is 3. The molecule has 5 heteroatoms. The first kappa shape index (κ1) is 16.5. The molecule has 0 aromatic heterocycles. The molecule has 0 saturated carbocycles. The molecule has 0 saturated heterocycles. The van der Waals surface area contributed by atoms with Gasteiger partial charge in [0, 0.05) is 1.43 Å². The Morgan fingerprint density at radius 2 is 1.38 bits per heavy atom. The van der Waals surface area contributed by atoms with Crippen molar-refractivity contribution >= 4 is 59.1 Å². The molecule has 0 bridgehead atoms. The molecule has 8 heavy (non-hydrogen) atoms. The Hall–Kier alpha value is 1.88. The molecular weight excluding hydrogens is 130 g/mol. The first-order valence-corrected chi connectivity index (χ1v) is 1.71. The van der Waals surface area contributed by atoms with Crippen molar-refractivity contribution in [2.45, 2.75) is 6.10 Å². The van der Waals surface area contributed by atoms with Crippen molar-refractivity contribution in [2.24, 2.45) is 0 Å². The zero-order chi connectivity index (χ0) is 4.99. The summed E-state index contributed by atoms with van der Waals surface area (Å²) in [4.78, 5) is 0. The van der Waals surface area contributed by atoms with Gasteiger partial charge in [-0.1, -0.05) is 0 Å². The molecule has 0 unspecified atom stereocenters. The van der Waals surface area contributed by atoms with Crippen LogP contribution in [0.25, 0.3) is 0 Å². The summed E-state index contributed by atoms with van der Waals surface area (Å²) in [6, 6.07) is 0. The van der Waals surface area contributed by atoms with Crippen LogP contribution in [-0.2, 0) is 0 Å². The van der Waals surface area contributed by atoms with E-state index >= 15 is 0 Å². The van der Waals surface area contributed by atoms with Crippen molar-refractivity contribution < 1.29 is 16.7 Å². The summed E-state index contributed by atoms with van der Waals surface area (Å²) in [5.74, 6) is 0. The van der Waals surface area contributed by atoms with Gasteiger partial charge in [0.05, 0.1) is 13.2 Å². The van der Waals surface area contributed by atoms with Gasteiger partial charge in [0.15, 0.2) is 0 Å². The van der Waals surface area contributed by atoms with E-state index < -0.39 is 6.10 Å². The monoisotopic (exact) mass is 141 g/mol. The van der Waals surface area contributed by atoms with Crippen molar-refractivity contribution in [2.75, 3.05) is 13.2 Å². The number of rotatable bonds is 2. The van der Waals surface area contributed by atoms with Gasteiger partial charge in [0.2, 0.25) is 0 Å². The molecule has 0 spiro atoms. The van der Waals surface area contributed by atoms with Crippen LogP contribution in [0.5, 0.6) is 0 Å². The van der Waals surface area contributed by atoms with Crippen LogP contribution in [0.2, 0.25) is 0 Å². The number of aliphatic hydroxyl groups is 3. The second-order valence-electron chi connectivity index (χ2n) is 1.02. The molecular formula is C3H11Na2O3. The molecule has 0 amide bonds. The molecule has 0 aromatic carbocycles. The molecule has 3 nitrogen and oxygen atoms in total. The van der Waals surface area contributed by atoms with E-state index in [9.17, 15) is 0 Å². The van der Waals surface area contributed by atoms with Crippen molar-refractivity contribution in [1.82, 2.24) is 0 Å². The Morgan fingerprint density at radius 3 is 1.38 bits per heavy atom. The Bertz CT molecular complexity index is 36.2. The number of hydrogen-bond donors (Lipinski definition) is 3. The van der Waals surface area contributed by atoms with E-state index in [4.69, 9.17) is 15.3 Å². The first-order valence-electron chi connectivity index (χ1n) is 1.71. The Kier molecular flexibility index (Phi) is 24.0. The normalized spacial score (nSPS) is 7.50. The third-order valence-corrected chi connectivity index (χ3v) is 0.421. The van der Waals surface area contributed by atoms with Crippen molar-refractivity contribution in [1.29, 1.82) is 0 Å². The van der Waals surface area contributed by atoms with Gasteiger partial charge in [-0.25, -0.2) is 0 Å². The third kappa shape index (κ3) is 10.8. The van der Waals surface area contributed by atoms with Gasteiger partial charge >= 0.3 is 59.1 Å². The Balaban J connectivity index is -0.0000000417. The molecule has 43 valence electrons. The van der Waals surface area contributed by atoms with E-state index in [2.05, 4.69) is 0 Å². The van der Waals surface area contributed by atoms with Crippen molar-refractivity contribution in [3.05, 3.63) is 0 Å². The van der Waals surface area contributed by atoms with E-state index in [1.807, 2.05) is 0 Å². The fourth-order valence-corrected chi connectivity index (χ4v) is 0.0577. The third-order valence-electron chi connectivity index (χ3n) is 0.421. The first-order chi connectivity index (χ1) is 2.81. The van der Waals surface area contributed by atoms with Gasteiger partial charge in [-0.2, -0.15) is 0 Å². The van der Waals surface area contributed by atoms with E-state index in [1.165, 1.54) is 0 Å². The van der Waals surface area contributed by atoms with Crippen LogP contribution in [-0.4, -0.2) is 93.8 Å². The molecule has 0 heterocycles. The summed E-state index contributed by atoms with van der Waals surface area (Å²) < 4.78 is 0. The van der Waals surface area contributed by atoms with E-state index in [-0.39, 0.29) is 73.8 Å². The molecule has 0 rings (SSSR count). The van der Waals surface area contributed by atoms with Crippen LogP contribution in [0.1, 0.15) is 1.43 Å². The fraction of sp³-hybridized carbons (Fsp3) is 1.00. The maximum absolute atomic E-state index is 8.17. The average molecular weight is 141 g/mol. The van der Waals surface area contributed by atoms with E-state index in [0.29, 0.717) is 0 Å². The molecule has 0 atom stereocenters. The summed E-state index contributed by atoms with van der Waals surface area (Å²) in [5, 5.41) is 24.0. The molecule has 0 fully saturated rings. The van der Waals surface area contributed by atoms with Crippen LogP contribution in [0.15, 0.2) is 0 Å². The van der Waals surface area contributed by atoms with Gasteiger partial charge in [0.25, 0.3) is 0 Å². The molecule has 0 aliphatic heterocycles. The maximum atomic E-state index is 8.17. The van der Waals surface area contributed by atoms with Gasteiger partial charge < -0.3 is 15.3 Å². The molecule has 0 aromatic rings. The van der Waals surface area contributed by atoms with E-state index in [0.717, 1.165) is 0 Å². The summed E-state index contributed by atoms with van der Waals surface area (Å²) in [7, 11) is 0. The minimum atomic E-state index is -0.954. The molecule has 0 aliphatic rings. The standard InChI is InChI=1S/C3H8O3.2Na.3H/c4-1-3(6)2-5;;;;;/h3-6H,1-2H2;;;;;. The van der Waals surface area contributed by atoms with Crippen LogP contribution >= 0.6 is 0 Å². The zero-order valence-electron chi connectivity index (χ0n) is 4.33. The molecule has 3 N–H and O–H groups in total. The quantitative estimate of drug-likeness (QED) is 0.363. The second-order valence-corrected chi connectivity index (χ2v) is 1.02. The summed E-state index contributed by atoms with van der Waals surface area (Å²) in [5.41, 5.74) is 0. The number of hydrogen-bond acceptors (Lipinski definition) is 3. The predicted octanol–water partition coefficient (Wildman–Crippen LogP) is -2.85. The summed E-state index contributed by atoms with van der Waals surface area (Å²) >= 11 is 0. The van der Waals surface area contributed by atoms with Crippen LogP contribution in [0, 0.1) is 0 Å². The SMILES string of the molecule is OCC(O)CO.[H].[NaH].[NaH]. The summed E-state index contributed by atoms with van der Waals surface area (Å²) in [6.45, 7) is -0.729. The van der Waals surface area contributed by atoms with E-state index in [1.54, 1.807) is 0 Å². The van der Waals surface area contributed by atoms with Gasteiger partial charge in [0.1, 0.15) is 6.10 Å². The molecule has 1 radical (unpaired) electrons. The fourth-order valence-electron chi connectivity index (χ4n) is 0.0577. The predicted molar refractivity (Wildman–Crippen MR) is 35.6 cm³/mol. The van der Waals surface area contributed by atoms with Gasteiger partial charge in [-0.3, -0.25) is 0 Å². The van der Waals surface area contributed by atoms with Crippen LogP contribution < -0.4 is 0 Å². The van der Waals surface area contributed by atoms with Gasteiger partial charge in [-0.05, 0) is 0 Å². The van der Waals surface area contributed by atoms with Crippen LogP contribution in [0.3, 0.4) is 0 Å². The van der Waals surface area contributed by atoms with Gasteiger partial charge in [-0.15, -0.1) is 0 Å². The second kappa shape index (κ2) is 11.6. The molecule has 0 aliphatic carbocycles. The summed E-state index contributed by atoms with van der Waals surface area (Å²) in [6.07, 6.45) is -0.954. The van der Waals surface area contributed by atoms with Crippen molar-refractivity contribution in [3.8, 4) is 0 Å². The Labute approximate surface area is 94.2 Å².